The summed E-state index contributed by atoms with van der Waals surface area (Å²) in [5.74, 6) is -0.748. The van der Waals surface area contributed by atoms with Gasteiger partial charge in [0.2, 0.25) is 0 Å². The SMILES string of the molecule is CC(=O)CC(=O)OCc1ccc(C#N)cc1. The van der Waals surface area contributed by atoms with Crippen LogP contribution in [-0.2, 0) is 20.9 Å². The molecule has 1 aromatic carbocycles. The molecule has 0 aliphatic heterocycles. The summed E-state index contributed by atoms with van der Waals surface area (Å²) in [5.41, 5.74) is 1.34. The Kier molecular flexibility index (Phi) is 4.22. The van der Waals surface area contributed by atoms with Crippen molar-refractivity contribution in [3.05, 3.63) is 35.4 Å². The fraction of sp³-hybridized carbons (Fsp3) is 0.250. The van der Waals surface area contributed by atoms with Gasteiger partial charge in [0, 0.05) is 0 Å². The van der Waals surface area contributed by atoms with E-state index in [9.17, 15) is 9.59 Å². The van der Waals surface area contributed by atoms with Gasteiger partial charge in [0.25, 0.3) is 0 Å². The van der Waals surface area contributed by atoms with Gasteiger partial charge < -0.3 is 4.74 Å². The fourth-order valence-corrected chi connectivity index (χ4v) is 1.09. The van der Waals surface area contributed by atoms with Crippen LogP contribution in [0, 0.1) is 11.3 Å². The maximum atomic E-state index is 11.1. The van der Waals surface area contributed by atoms with E-state index in [1.807, 2.05) is 6.07 Å². The molecular weight excluding hydrogens is 206 g/mol. The number of benzene rings is 1. The number of ketones is 1. The van der Waals surface area contributed by atoms with Gasteiger partial charge in [0.1, 0.15) is 18.8 Å². The minimum absolute atomic E-state index is 0.123. The lowest BCUT2D eigenvalue weighted by atomic mass is 10.2. The van der Waals surface area contributed by atoms with Gasteiger partial charge in [-0.25, -0.2) is 0 Å². The molecule has 0 N–H and O–H groups in total. The number of hydrogen-bond acceptors (Lipinski definition) is 4. The van der Waals surface area contributed by atoms with Crippen molar-refractivity contribution < 1.29 is 14.3 Å². The van der Waals surface area contributed by atoms with E-state index in [-0.39, 0.29) is 18.8 Å². The lowest BCUT2D eigenvalue weighted by Gasteiger charge is -2.03. The van der Waals surface area contributed by atoms with Gasteiger partial charge in [-0.1, -0.05) is 12.1 Å². The second kappa shape index (κ2) is 5.66. The van der Waals surface area contributed by atoms with Crippen molar-refractivity contribution in [2.45, 2.75) is 20.0 Å². The molecular formula is C12H11NO3. The second-order valence-corrected chi connectivity index (χ2v) is 3.35. The number of rotatable bonds is 4. The standard InChI is InChI=1S/C12H11NO3/c1-9(14)6-12(15)16-8-11-4-2-10(7-13)3-5-11/h2-5H,6,8H2,1H3. The predicted octanol–water partition coefficient (Wildman–Crippen LogP) is 1.58. The first-order chi connectivity index (χ1) is 7.61. The van der Waals surface area contributed by atoms with Crippen LogP contribution < -0.4 is 0 Å². The molecule has 0 bridgehead atoms. The summed E-state index contributed by atoms with van der Waals surface area (Å²) in [7, 11) is 0. The zero-order valence-electron chi connectivity index (χ0n) is 8.90. The highest BCUT2D eigenvalue weighted by Crippen LogP contribution is 2.05. The molecule has 0 spiro atoms. The fourth-order valence-electron chi connectivity index (χ4n) is 1.09. The zero-order chi connectivity index (χ0) is 12.0. The Bertz CT molecular complexity index is 429. The van der Waals surface area contributed by atoms with Gasteiger partial charge in [0.05, 0.1) is 11.6 Å². The van der Waals surface area contributed by atoms with Crippen molar-refractivity contribution in [1.29, 1.82) is 5.26 Å². The molecule has 0 atom stereocenters. The van der Waals surface area contributed by atoms with Crippen LogP contribution in [-0.4, -0.2) is 11.8 Å². The van der Waals surface area contributed by atoms with Gasteiger partial charge in [0.15, 0.2) is 0 Å². The van der Waals surface area contributed by atoms with E-state index in [0.29, 0.717) is 5.56 Å². The molecule has 16 heavy (non-hydrogen) atoms. The number of Topliss-reactive ketones (excluding diaryl/α,β-unsaturated/α-hetero) is 1. The van der Waals surface area contributed by atoms with E-state index < -0.39 is 5.97 Å². The van der Waals surface area contributed by atoms with Crippen LogP contribution in [0.2, 0.25) is 0 Å². The molecule has 4 heteroatoms. The first-order valence-corrected chi connectivity index (χ1v) is 4.76. The van der Waals surface area contributed by atoms with Gasteiger partial charge in [-0.15, -0.1) is 0 Å². The van der Waals surface area contributed by atoms with Crippen molar-refractivity contribution in [2.24, 2.45) is 0 Å². The summed E-state index contributed by atoms with van der Waals surface area (Å²) in [6.07, 6.45) is -0.198. The van der Waals surface area contributed by atoms with Crippen molar-refractivity contribution >= 4 is 11.8 Å². The average Bonchev–Trinajstić information content (AvgIpc) is 2.26. The van der Waals surface area contributed by atoms with Crippen molar-refractivity contribution in [1.82, 2.24) is 0 Å². The monoisotopic (exact) mass is 217 g/mol. The largest absolute Gasteiger partial charge is 0.460 e. The summed E-state index contributed by atoms with van der Waals surface area (Å²) in [4.78, 5) is 21.7. The molecule has 0 aromatic heterocycles. The summed E-state index contributed by atoms with van der Waals surface area (Å²) in [6, 6.07) is 8.70. The molecule has 0 aliphatic rings. The molecule has 0 radical (unpaired) electrons. The highest BCUT2D eigenvalue weighted by Gasteiger charge is 2.06. The molecule has 4 nitrogen and oxygen atoms in total. The number of nitrogens with zero attached hydrogens (tertiary/aromatic N) is 1. The zero-order valence-corrected chi connectivity index (χ0v) is 8.90. The van der Waals surface area contributed by atoms with Crippen molar-refractivity contribution in [2.75, 3.05) is 0 Å². The Morgan fingerprint density at radius 3 is 2.44 bits per heavy atom. The molecule has 1 rings (SSSR count). The number of carbonyl (C=O) groups excluding carboxylic acids is 2. The van der Waals surface area contributed by atoms with Gasteiger partial charge in [-0.2, -0.15) is 5.26 Å². The molecule has 82 valence electrons. The second-order valence-electron chi connectivity index (χ2n) is 3.35. The molecule has 0 saturated carbocycles. The van der Waals surface area contributed by atoms with Crippen molar-refractivity contribution in [3.63, 3.8) is 0 Å². The summed E-state index contributed by atoms with van der Waals surface area (Å²) in [5, 5.41) is 8.57. The lowest BCUT2D eigenvalue weighted by Crippen LogP contribution is -2.08. The minimum Gasteiger partial charge on any atom is -0.460 e. The van der Waals surface area contributed by atoms with Crippen LogP contribution in [0.5, 0.6) is 0 Å². The lowest BCUT2D eigenvalue weighted by molar-refractivity contribution is -0.146. The van der Waals surface area contributed by atoms with Crippen LogP contribution in [0.3, 0.4) is 0 Å². The van der Waals surface area contributed by atoms with Crippen molar-refractivity contribution in [3.8, 4) is 6.07 Å². The number of nitriles is 1. The van der Waals surface area contributed by atoms with E-state index in [0.717, 1.165) is 5.56 Å². The molecule has 1 aromatic rings. The van der Waals surface area contributed by atoms with Gasteiger partial charge >= 0.3 is 5.97 Å². The third-order valence-electron chi connectivity index (χ3n) is 1.88. The van der Waals surface area contributed by atoms with Crippen LogP contribution in [0.1, 0.15) is 24.5 Å². The van der Waals surface area contributed by atoms with E-state index in [1.54, 1.807) is 24.3 Å². The normalized spacial score (nSPS) is 9.25. The van der Waals surface area contributed by atoms with Crippen LogP contribution in [0.4, 0.5) is 0 Å². The Morgan fingerprint density at radius 1 is 1.31 bits per heavy atom. The number of hydrogen-bond donors (Lipinski definition) is 0. The quantitative estimate of drug-likeness (QED) is 0.567. The molecule has 0 heterocycles. The van der Waals surface area contributed by atoms with E-state index in [1.165, 1.54) is 6.92 Å². The maximum Gasteiger partial charge on any atom is 0.313 e. The van der Waals surface area contributed by atoms with Gasteiger partial charge in [-0.05, 0) is 24.6 Å². The van der Waals surface area contributed by atoms with Gasteiger partial charge in [-0.3, -0.25) is 9.59 Å². The number of ether oxygens (including phenoxy) is 1. The van der Waals surface area contributed by atoms with E-state index >= 15 is 0 Å². The Labute approximate surface area is 93.5 Å². The van der Waals surface area contributed by atoms with Crippen LogP contribution in [0.15, 0.2) is 24.3 Å². The van der Waals surface area contributed by atoms with Crippen LogP contribution in [0.25, 0.3) is 0 Å². The first kappa shape index (κ1) is 11.9. The average molecular weight is 217 g/mol. The molecule has 0 saturated heterocycles. The highest BCUT2D eigenvalue weighted by molar-refractivity contribution is 5.94. The number of esters is 1. The first-order valence-electron chi connectivity index (χ1n) is 4.76. The summed E-state index contributed by atoms with van der Waals surface area (Å²) >= 11 is 0. The smallest absolute Gasteiger partial charge is 0.313 e. The minimum atomic E-state index is -0.531. The third kappa shape index (κ3) is 3.93. The molecule has 0 unspecified atom stereocenters. The van der Waals surface area contributed by atoms with Crippen LogP contribution >= 0.6 is 0 Å². The summed E-state index contributed by atoms with van der Waals surface area (Å²) in [6.45, 7) is 1.46. The van der Waals surface area contributed by atoms with E-state index in [4.69, 9.17) is 10.00 Å². The molecule has 0 amide bonds. The maximum absolute atomic E-state index is 11.1. The Morgan fingerprint density at radius 2 is 1.94 bits per heavy atom. The molecule has 0 fully saturated rings. The third-order valence-corrected chi connectivity index (χ3v) is 1.88. The summed E-state index contributed by atoms with van der Waals surface area (Å²) < 4.78 is 4.87. The Balaban J connectivity index is 2.46. The Hall–Kier alpha value is -2.15. The topological polar surface area (TPSA) is 67.2 Å². The predicted molar refractivity (Wildman–Crippen MR) is 56.3 cm³/mol. The number of carbonyl (C=O) groups is 2. The highest BCUT2D eigenvalue weighted by atomic mass is 16.5. The molecule has 0 aliphatic carbocycles. The van der Waals surface area contributed by atoms with E-state index in [2.05, 4.69) is 0 Å².